The van der Waals surface area contributed by atoms with E-state index in [0.717, 1.165) is 0 Å². The highest BCUT2D eigenvalue weighted by Gasteiger charge is 2.13. The van der Waals surface area contributed by atoms with Gasteiger partial charge in [-0.2, -0.15) is 0 Å². The lowest BCUT2D eigenvalue weighted by Crippen LogP contribution is -2.05. The molecule has 0 unspecified atom stereocenters. The van der Waals surface area contributed by atoms with Crippen LogP contribution in [-0.2, 0) is 4.79 Å². The molecule has 2 nitrogen and oxygen atoms in total. The molecule has 0 fully saturated rings. The summed E-state index contributed by atoms with van der Waals surface area (Å²) < 4.78 is 0.966. The highest BCUT2D eigenvalue weighted by molar-refractivity contribution is 9.13. The maximum Gasteiger partial charge on any atom is 0.210 e. The van der Waals surface area contributed by atoms with E-state index < -0.39 is 0 Å². The first-order valence-corrected chi connectivity index (χ1v) is 3.76. The van der Waals surface area contributed by atoms with E-state index in [9.17, 15) is 4.79 Å². The monoisotopic (exact) mass is 250 g/mol. The second kappa shape index (κ2) is 2.66. The molecule has 0 saturated heterocycles. The van der Waals surface area contributed by atoms with Crippen molar-refractivity contribution in [2.45, 2.75) is 0 Å². The smallest absolute Gasteiger partial charge is 0.210 e. The molecule has 0 N–H and O–H groups in total. The Kier molecular flexibility index (Phi) is 2.08. The summed E-state index contributed by atoms with van der Waals surface area (Å²) in [7, 11) is 0. The molecule has 0 atom stereocenters. The first kappa shape index (κ1) is 7.02. The highest BCUT2D eigenvalue weighted by atomic mass is 79.9. The van der Waals surface area contributed by atoms with Gasteiger partial charge in [0.15, 0.2) is 0 Å². The zero-order valence-corrected chi connectivity index (χ0v) is 7.44. The fourth-order valence-corrected chi connectivity index (χ4v) is 1.33. The lowest BCUT2D eigenvalue weighted by atomic mass is 10.3. The molecule has 0 bridgehead atoms. The number of allylic oxidation sites excluding steroid dienone is 2. The van der Waals surface area contributed by atoms with Crippen LogP contribution < -0.4 is 5.32 Å². The molecular formula is C5H2Br2NO. The van der Waals surface area contributed by atoms with Crippen LogP contribution in [0.3, 0.4) is 0 Å². The largest absolute Gasteiger partial charge is 0.287 e. The van der Waals surface area contributed by atoms with E-state index in [1.165, 1.54) is 12.4 Å². The lowest BCUT2D eigenvalue weighted by Gasteiger charge is -2.01. The highest BCUT2D eigenvalue weighted by Crippen LogP contribution is 2.19. The molecule has 0 aliphatic carbocycles. The Morgan fingerprint density at radius 1 is 1.22 bits per heavy atom. The maximum atomic E-state index is 10.8. The third-order valence-corrected chi connectivity index (χ3v) is 1.94. The topological polar surface area (TPSA) is 31.2 Å². The van der Waals surface area contributed by atoms with E-state index in [-0.39, 0.29) is 5.78 Å². The first-order valence-electron chi connectivity index (χ1n) is 2.18. The van der Waals surface area contributed by atoms with Gasteiger partial charge in [-0.25, -0.2) is 0 Å². The number of Topliss-reactive ketones (excluding diaryl/α,β-unsaturated/α-hetero) is 1. The Hall–Kier alpha value is -0.0900. The third kappa shape index (κ3) is 1.43. The second-order valence-corrected chi connectivity index (χ2v) is 3.14. The van der Waals surface area contributed by atoms with Crippen LogP contribution in [0.25, 0.3) is 0 Å². The van der Waals surface area contributed by atoms with Gasteiger partial charge < -0.3 is 0 Å². The van der Waals surface area contributed by atoms with Crippen molar-refractivity contribution in [1.82, 2.24) is 5.32 Å². The molecule has 1 aliphatic rings. The Balaban J connectivity index is 2.86. The number of carbonyl (C=O) groups excluding carboxylic acids is 1. The number of hydrogen-bond donors (Lipinski definition) is 0. The molecular weight excluding hydrogens is 250 g/mol. The molecule has 1 heterocycles. The van der Waals surface area contributed by atoms with E-state index in [1.807, 2.05) is 0 Å². The molecule has 0 aromatic rings. The van der Waals surface area contributed by atoms with Crippen LogP contribution in [-0.4, -0.2) is 5.78 Å². The van der Waals surface area contributed by atoms with E-state index in [0.29, 0.717) is 8.96 Å². The Labute approximate surface area is 69.3 Å². The summed E-state index contributed by atoms with van der Waals surface area (Å²) in [5.41, 5.74) is 0. The van der Waals surface area contributed by atoms with Crippen LogP contribution in [0.1, 0.15) is 0 Å². The van der Waals surface area contributed by atoms with Gasteiger partial charge in [0.1, 0.15) is 0 Å². The van der Waals surface area contributed by atoms with Gasteiger partial charge in [0.05, 0.1) is 8.96 Å². The van der Waals surface area contributed by atoms with Crippen molar-refractivity contribution in [3.63, 3.8) is 0 Å². The zero-order chi connectivity index (χ0) is 6.85. The summed E-state index contributed by atoms with van der Waals surface area (Å²) >= 11 is 6.08. The minimum absolute atomic E-state index is 0.0648. The molecule has 0 aromatic heterocycles. The fraction of sp³-hybridized carbons (Fsp3) is 0. The fourth-order valence-electron chi connectivity index (χ4n) is 0.399. The summed E-state index contributed by atoms with van der Waals surface area (Å²) in [5, 5.41) is 3.75. The van der Waals surface area contributed by atoms with Crippen molar-refractivity contribution in [1.29, 1.82) is 0 Å². The first-order chi connectivity index (χ1) is 4.22. The van der Waals surface area contributed by atoms with Crippen LogP contribution in [0.2, 0.25) is 0 Å². The van der Waals surface area contributed by atoms with Crippen molar-refractivity contribution < 1.29 is 4.79 Å². The molecule has 9 heavy (non-hydrogen) atoms. The van der Waals surface area contributed by atoms with Crippen molar-refractivity contribution in [3.05, 3.63) is 21.4 Å². The molecule has 0 spiro atoms. The van der Waals surface area contributed by atoms with Crippen LogP contribution in [0.5, 0.6) is 0 Å². The summed E-state index contributed by atoms with van der Waals surface area (Å²) in [6.45, 7) is 0. The average Bonchev–Trinajstić information content (AvgIpc) is 1.83. The Morgan fingerprint density at radius 2 is 1.67 bits per heavy atom. The zero-order valence-electron chi connectivity index (χ0n) is 4.27. The third-order valence-electron chi connectivity index (χ3n) is 0.810. The molecule has 0 aromatic carbocycles. The molecule has 1 aliphatic heterocycles. The summed E-state index contributed by atoms with van der Waals surface area (Å²) in [6.07, 6.45) is 2.93. The van der Waals surface area contributed by atoms with Crippen LogP contribution >= 0.6 is 31.9 Å². The summed E-state index contributed by atoms with van der Waals surface area (Å²) in [6, 6.07) is 0. The van der Waals surface area contributed by atoms with Gasteiger partial charge >= 0.3 is 0 Å². The predicted molar refractivity (Wildman–Crippen MR) is 41.2 cm³/mol. The van der Waals surface area contributed by atoms with Crippen molar-refractivity contribution in [2.75, 3.05) is 0 Å². The quantitative estimate of drug-likeness (QED) is 0.644. The van der Waals surface area contributed by atoms with Gasteiger partial charge in [-0.15, -0.1) is 0 Å². The molecule has 1 radical (unpaired) electrons. The van der Waals surface area contributed by atoms with E-state index in [2.05, 4.69) is 37.2 Å². The van der Waals surface area contributed by atoms with Gasteiger partial charge in [-0.1, -0.05) is 0 Å². The maximum absolute atomic E-state index is 10.8. The van der Waals surface area contributed by atoms with E-state index >= 15 is 0 Å². The van der Waals surface area contributed by atoms with Crippen LogP contribution in [0, 0.1) is 0 Å². The van der Waals surface area contributed by atoms with Crippen LogP contribution in [0.4, 0.5) is 0 Å². The van der Waals surface area contributed by atoms with Crippen LogP contribution in [0.15, 0.2) is 21.4 Å². The number of ketones is 1. The number of carbonyl (C=O) groups is 1. The van der Waals surface area contributed by atoms with E-state index in [4.69, 9.17) is 0 Å². The van der Waals surface area contributed by atoms with Gasteiger partial charge in [-0.3, -0.25) is 10.1 Å². The van der Waals surface area contributed by atoms with Gasteiger partial charge in [0.2, 0.25) is 5.78 Å². The summed E-state index contributed by atoms with van der Waals surface area (Å²) in [5.74, 6) is -0.0648. The predicted octanol–water partition coefficient (Wildman–Crippen LogP) is 1.65. The Morgan fingerprint density at radius 3 is 2.00 bits per heavy atom. The molecule has 1 rings (SSSR count). The average molecular weight is 252 g/mol. The van der Waals surface area contributed by atoms with Gasteiger partial charge in [0.25, 0.3) is 0 Å². The normalized spacial score (nSPS) is 18.2. The summed E-state index contributed by atoms with van der Waals surface area (Å²) in [4.78, 5) is 10.8. The van der Waals surface area contributed by atoms with Crippen molar-refractivity contribution in [3.8, 4) is 0 Å². The minimum atomic E-state index is -0.0648. The molecule has 0 saturated carbocycles. The van der Waals surface area contributed by atoms with Gasteiger partial charge in [-0.05, 0) is 31.9 Å². The number of rotatable bonds is 0. The van der Waals surface area contributed by atoms with Gasteiger partial charge in [0, 0.05) is 12.4 Å². The Bertz CT molecular complexity index is 187. The number of nitrogens with zero attached hydrogens (tertiary/aromatic N) is 1. The second-order valence-electron chi connectivity index (χ2n) is 1.43. The molecule has 4 heteroatoms. The minimum Gasteiger partial charge on any atom is -0.287 e. The number of halogens is 2. The SMILES string of the molecule is O=C1C(Br)=C[N]C=C1Br. The van der Waals surface area contributed by atoms with E-state index in [1.54, 1.807) is 0 Å². The van der Waals surface area contributed by atoms with Crippen molar-refractivity contribution in [2.24, 2.45) is 0 Å². The molecule has 0 amide bonds. The standard InChI is InChI=1S/C5H2Br2NO/c6-3-1-8-2-4(7)5(3)9/h1-2H. The van der Waals surface area contributed by atoms with Crippen molar-refractivity contribution >= 4 is 37.6 Å². The number of hydrogen-bond acceptors (Lipinski definition) is 1. The lowest BCUT2D eigenvalue weighted by molar-refractivity contribution is -0.111. The molecule has 47 valence electrons.